The first-order chi connectivity index (χ1) is 16.7. The number of aromatic nitrogens is 2. The first-order valence-corrected chi connectivity index (χ1v) is 10.8. The number of nitrogens with zero attached hydrogens (tertiary/aromatic N) is 2. The number of benzene rings is 2. The van der Waals surface area contributed by atoms with Crippen LogP contribution in [-0.4, -0.2) is 35.8 Å². The van der Waals surface area contributed by atoms with E-state index in [1.165, 1.54) is 31.0 Å². The smallest absolute Gasteiger partial charge is 0.416 e. The Kier molecular flexibility index (Phi) is 6.42. The molecule has 0 radical (unpaired) electrons. The lowest BCUT2D eigenvalue weighted by atomic mass is 10.0. The minimum atomic E-state index is -4.53. The lowest BCUT2D eigenvalue weighted by Gasteiger charge is -2.12. The van der Waals surface area contributed by atoms with Crippen molar-refractivity contribution in [3.63, 3.8) is 0 Å². The summed E-state index contributed by atoms with van der Waals surface area (Å²) in [5, 5.41) is 9.79. The van der Waals surface area contributed by atoms with E-state index in [0.29, 0.717) is 35.0 Å². The molecule has 3 aromatic rings. The minimum absolute atomic E-state index is 0.0100. The van der Waals surface area contributed by atoms with Crippen LogP contribution in [0.2, 0.25) is 0 Å². The number of rotatable bonds is 7. The van der Waals surface area contributed by atoms with Crippen LogP contribution in [0.1, 0.15) is 30.6 Å². The number of carbonyl (C=O) groups excluding carboxylic acids is 2. The molecule has 0 aliphatic carbocycles. The van der Waals surface area contributed by atoms with Gasteiger partial charge in [-0.1, -0.05) is 19.1 Å². The molecule has 2 heterocycles. The average Bonchev–Trinajstić information content (AvgIpc) is 3.33. The molecule has 0 saturated carbocycles. The summed E-state index contributed by atoms with van der Waals surface area (Å²) in [7, 11) is 3.05. The van der Waals surface area contributed by atoms with E-state index in [-0.39, 0.29) is 12.1 Å². The Morgan fingerprint density at radius 2 is 1.89 bits per heavy atom. The number of alkyl halides is 3. The van der Waals surface area contributed by atoms with Gasteiger partial charge >= 0.3 is 6.18 Å². The average molecular weight is 488 g/mol. The maximum Gasteiger partial charge on any atom is 0.416 e. The highest BCUT2D eigenvalue weighted by Gasteiger charge is 2.37. The normalized spacial score (nSPS) is 14.9. The third-order valence-electron chi connectivity index (χ3n) is 5.68. The van der Waals surface area contributed by atoms with E-state index in [1.54, 1.807) is 12.1 Å². The zero-order valence-electron chi connectivity index (χ0n) is 19.2. The maximum absolute atomic E-state index is 13.0. The molecule has 8 nitrogen and oxygen atoms in total. The fourth-order valence-corrected chi connectivity index (χ4v) is 4.02. The summed E-state index contributed by atoms with van der Waals surface area (Å²) in [6.07, 6.45) is -4.28. The Hall–Kier alpha value is -4.02. The third kappa shape index (κ3) is 4.66. The molecule has 0 fully saturated rings. The SMILES string of the molecule is CCc1nn2c(c1-c1ccc(OC)c(OC)c1)NC(=O)C2CC(=O)Nc1cccc(C(F)(F)F)c1. The third-order valence-corrected chi connectivity index (χ3v) is 5.68. The van der Waals surface area contributed by atoms with E-state index in [1.807, 2.05) is 13.0 Å². The summed E-state index contributed by atoms with van der Waals surface area (Å²) in [4.78, 5) is 25.4. The standard InChI is InChI=1S/C24H23F3N4O4/c1-4-16-21(13-8-9-18(34-2)19(10-13)35-3)22-29-23(33)17(31(22)30-16)12-20(32)28-15-7-5-6-14(11-15)24(25,26)27/h5-11,17H,4,12H2,1-3H3,(H,28,32)(H,29,33). The zero-order chi connectivity index (χ0) is 25.3. The fraction of sp³-hybridized carbons (Fsp3) is 0.292. The molecule has 2 N–H and O–H groups in total. The fourth-order valence-electron chi connectivity index (χ4n) is 4.02. The van der Waals surface area contributed by atoms with E-state index >= 15 is 0 Å². The van der Waals surface area contributed by atoms with Gasteiger partial charge in [-0.25, -0.2) is 4.68 Å². The van der Waals surface area contributed by atoms with Crippen LogP contribution in [0, 0.1) is 0 Å². The van der Waals surface area contributed by atoms with Crippen molar-refractivity contribution in [1.82, 2.24) is 9.78 Å². The Labute approximate surface area is 199 Å². The summed E-state index contributed by atoms with van der Waals surface area (Å²) in [6, 6.07) is 8.70. The summed E-state index contributed by atoms with van der Waals surface area (Å²) in [5.74, 6) is 0.449. The number of carbonyl (C=O) groups is 2. The predicted molar refractivity (Wildman–Crippen MR) is 123 cm³/mol. The molecule has 0 saturated heterocycles. The number of hydrogen-bond donors (Lipinski definition) is 2. The molecule has 0 bridgehead atoms. The van der Waals surface area contributed by atoms with E-state index in [2.05, 4.69) is 15.7 Å². The second-order valence-corrected chi connectivity index (χ2v) is 7.87. The van der Waals surface area contributed by atoms with Gasteiger partial charge in [0.1, 0.15) is 11.9 Å². The maximum atomic E-state index is 13.0. The van der Waals surface area contributed by atoms with Gasteiger partial charge in [-0.2, -0.15) is 18.3 Å². The van der Waals surface area contributed by atoms with Crippen molar-refractivity contribution in [1.29, 1.82) is 0 Å². The Bertz CT molecular complexity index is 1290. The van der Waals surface area contributed by atoms with Crippen molar-refractivity contribution in [2.75, 3.05) is 24.9 Å². The van der Waals surface area contributed by atoms with E-state index in [0.717, 1.165) is 17.7 Å². The van der Waals surface area contributed by atoms with Gasteiger partial charge in [-0.05, 0) is 42.3 Å². The van der Waals surface area contributed by atoms with Crippen LogP contribution in [0.5, 0.6) is 11.5 Å². The Balaban J connectivity index is 1.61. The molecule has 11 heteroatoms. The summed E-state index contributed by atoms with van der Waals surface area (Å²) in [5.41, 5.74) is 1.26. The number of halogens is 3. The number of anilines is 2. The number of nitrogens with one attached hydrogen (secondary N) is 2. The molecule has 2 amide bonds. The number of ether oxygens (including phenoxy) is 2. The first kappa shape index (κ1) is 24.1. The van der Waals surface area contributed by atoms with Crippen molar-refractivity contribution in [3.8, 4) is 22.6 Å². The monoisotopic (exact) mass is 488 g/mol. The quantitative estimate of drug-likeness (QED) is 0.504. The highest BCUT2D eigenvalue weighted by atomic mass is 19.4. The number of fused-ring (bicyclic) bond motifs is 1. The molecule has 1 aliphatic rings. The number of hydrogen-bond acceptors (Lipinski definition) is 5. The van der Waals surface area contributed by atoms with Gasteiger partial charge in [-0.15, -0.1) is 0 Å². The minimum Gasteiger partial charge on any atom is -0.493 e. The summed E-state index contributed by atoms with van der Waals surface area (Å²) < 4.78 is 51.0. The van der Waals surface area contributed by atoms with Crippen LogP contribution in [0.25, 0.3) is 11.1 Å². The van der Waals surface area contributed by atoms with Gasteiger partial charge in [0.25, 0.3) is 5.91 Å². The molecule has 1 unspecified atom stereocenters. The van der Waals surface area contributed by atoms with Gasteiger partial charge in [-0.3, -0.25) is 9.59 Å². The van der Waals surface area contributed by atoms with Crippen molar-refractivity contribution >= 4 is 23.3 Å². The molecule has 184 valence electrons. The topological polar surface area (TPSA) is 94.5 Å². The largest absolute Gasteiger partial charge is 0.493 e. The molecule has 35 heavy (non-hydrogen) atoms. The van der Waals surface area contributed by atoms with Gasteiger partial charge in [0.15, 0.2) is 11.5 Å². The van der Waals surface area contributed by atoms with Crippen LogP contribution in [0.3, 0.4) is 0 Å². The van der Waals surface area contributed by atoms with Gasteiger partial charge in [0.05, 0.1) is 31.9 Å². The number of aryl methyl sites for hydroxylation is 1. The first-order valence-electron chi connectivity index (χ1n) is 10.8. The molecule has 0 spiro atoms. The van der Waals surface area contributed by atoms with Crippen molar-refractivity contribution in [3.05, 3.63) is 53.7 Å². The van der Waals surface area contributed by atoms with Crippen LogP contribution in [0.15, 0.2) is 42.5 Å². The second kappa shape index (κ2) is 9.32. The molecule has 1 aromatic heterocycles. The molecule has 4 rings (SSSR count). The lowest BCUT2D eigenvalue weighted by molar-refractivity contribution is -0.137. The Morgan fingerprint density at radius 1 is 1.14 bits per heavy atom. The highest BCUT2D eigenvalue weighted by Crippen LogP contribution is 2.41. The Morgan fingerprint density at radius 3 is 2.54 bits per heavy atom. The van der Waals surface area contributed by atoms with Crippen molar-refractivity contribution in [2.24, 2.45) is 0 Å². The number of methoxy groups -OCH3 is 2. The van der Waals surface area contributed by atoms with Crippen LogP contribution >= 0.6 is 0 Å². The van der Waals surface area contributed by atoms with E-state index in [9.17, 15) is 22.8 Å². The van der Waals surface area contributed by atoms with Gasteiger partial charge < -0.3 is 20.1 Å². The molecule has 2 aromatic carbocycles. The van der Waals surface area contributed by atoms with Crippen LogP contribution in [0.4, 0.5) is 24.7 Å². The van der Waals surface area contributed by atoms with Crippen molar-refractivity contribution < 1.29 is 32.2 Å². The number of amides is 2. The molecule has 1 aliphatic heterocycles. The predicted octanol–water partition coefficient (Wildman–Crippen LogP) is 4.67. The van der Waals surface area contributed by atoms with Crippen molar-refractivity contribution in [2.45, 2.75) is 32.0 Å². The van der Waals surface area contributed by atoms with Gasteiger partial charge in [0.2, 0.25) is 5.91 Å². The van der Waals surface area contributed by atoms with E-state index < -0.39 is 29.6 Å². The zero-order valence-corrected chi connectivity index (χ0v) is 19.2. The molecule has 1 atom stereocenters. The van der Waals surface area contributed by atoms with Gasteiger partial charge in [0, 0.05) is 11.3 Å². The van der Waals surface area contributed by atoms with Crippen LogP contribution < -0.4 is 20.1 Å². The molecular weight excluding hydrogens is 465 g/mol. The molecular formula is C24H23F3N4O4. The van der Waals surface area contributed by atoms with E-state index in [4.69, 9.17) is 9.47 Å². The summed E-state index contributed by atoms with van der Waals surface area (Å²) >= 11 is 0. The second-order valence-electron chi connectivity index (χ2n) is 7.87. The summed E-state index contributed by atoms with van der Waals surface area (Å²) in [6.45, 7) is 1.92. The lowest BCUT2D eigenvalue weighted by Crippen LogP contribution is -2.24. The van der Waals surface area contributed by atoms with Crippen LogP contribution in [-0.2, 0) is 22.2 Å². The highest BCUT2D eigenvalue weighted by molar-refractivity contribution is 6.04.